The standard InChI is InChI=1S/C20H16Br2ClN7O3/c1-33-8-7-25-20(32)17-16(12(21)9-11-4-6-26-29(11)17)27-19(31)14-10-15(22)28-30(14)18-13(23)3-2-5-24-18/h2-6,9-10H,7-8H2,1H3,(H,25,32)(H,27,31). The summed E-state index contributed by atoms with van der Waals surface area (Å²) in [6.45, 7) is 0.623. The van der Waals surface area contributed by atoms with Gasteiger partial charge in [0.25, 0.3) is 11.8 Å². The Morgan fingerprint density at radius 1 is 1.18 bits per heavy atom. The Morgan fingerprint density at radius 2 is 2.00 bits per heavy atom. The predicted molar refractivity (Wildman–Crippen MR) is 129 cm³/mol. The normalized spacial score (nSPS) is 11.0. The third kappa shape index (κ3) is 4.78. The third-order valence-corrected chi connectivity index (χ3v) is 5.84. The van der Waals surface area contributed by atoms with Crippen molar-refractivity contribution >= 4 is 66.5 Å². The molecule has 0 radical (unpaired) electrons. The van der Waals surface area contributed by atoms with Crippen LogP contribution in [0.25, 0.3) is 11.3 Å². The van der Waals surface area contributed by atoms with Gasteiger partial charge in [-0.3, -0.25) is 9.59 Å². The van der Waals surface area contributed by atoms with Gasteiger partial charge in [0.1, 0.15) is 10.3 Å². The minimum Gasteiger partial charge on any atom is -0.383 e. The van der Waals surface area contributed by atoms with Crippen molar-refractivity contribution in [2.24, 2.45) is 0 Å². The van der Waals surface area contributed by atoms with E-state index < -0.39 is 11.8 Å². The number of pyridine rings is 2. The zero-order chi connectivity index (χ0) is 23.5. The fourth-order valence-electron chi connectivity index (χ4n) is 3.10. The molecule has 0 bridgehead atoms. The van der Waals surface area contributed by atoms with Gasteiger partial charge < -0.3 is 15.4 Å². The van der Waals surface area contributed by atoms with Gasteiger partial charge in [-0.2, -0.15) is 10.2 Å². The summed E-state index contributed by atoms with van der Waals surface area (Å²) in [7, 11) is 1.54. The van der Waals surface area contributed by atoms with Crippen LogP contribution in [0.1, 0.15) is 21.0 Å². The van der Waals surface area contributed by atoms with Crippen LogP contribution in [0.4, 0.5) is 5.69 Å². The van der Waals surface area contributed by atoms with Gasteiger partial charge in [-0.05, 0) is 56.1 Å². The Morgan fingerprint density at radius 3 is 2.76 bits per heavy atom. The Bertz CT molecular complexity index is 1350. The molecule has 0 atom stereocenters. The molecule has 0 aliphatic rings. The van der Waals surface area contributed by atoms with Crippen molar-refractivity contribution in [1.29, 1.82) is 0 Å². The largest absolute Gasteiger partial charge is 0.383 e. The van der Waals surface area contributed by atoms with E-state index in [0.29, 0.717) is 26.2 Å². The lowest BCUT2D eigenvalue weighted by molar-refractivity contribution is 0.0930. The molecule has 4 aromatic rings. The maximum atomic E-state index is 13.3. The Balaban J connectivity index is 1.75. The van der Waals surface area contributed by atoms with Gasteiger partial charge in [-0.25, -0.2) is 14.2 Å². The first-order valence-corrected chi connectivity index (χ1v) is 11.5. The van der Waals surface area contributed by atoms with Crippen LogP contribution in [0, 0.1) is 0 Å². The van der Waals surface area contributed by atoms with Crippen molar-refractivity contribution in [3.8, 4) is 5.82 Å². The second-order valence-electron chi connectivity index (χ2n) is 6.66. The first-order valence-electron chi connectivity index (χ1n) is 9.52. The van der Waals surface area contributed by atoms with Gasteiger partial charge >= 0.3 is 0 Å². The molecule has 0 saturated carbocycles. The van der Waals surface area contributed by atoms with E-state index in [9.17, 15) is 9.59 Å². The van der Waals surface area contributed by atoms with Crippen LogP contribution in [-0.4, -0.2) is 56.5 Å². The molecule has 2 amide bonds. The topological polar surface area (TPSA) is 115 Å². The molecule has 2 N–H and O–H groups in total. The van der Waals surface area contributed by atoms with Crippen LogP contribution in [-0.2, 0) is 4.74 Å². The number of hydrogen-bond acceptors (Lipinski definition) is 6. The van der Waals surface area contributed by atoms with Crippen LogP contribution in [0.5, 0.6) is 0 Å². The smallest absolute Gasteiger partial charge is 0.274 e. The highest BCUT2D eigenvalue weighted by Gasteiger charge is 2.24. The fraction of sp³-hybridized carbons (Fsp3) is 0.150. The molecule has 0 spiro atoms. The zero-order valence-corrected chi connectivity index (χ0v) is 21.0. The van der Waals surface area contributed by atoms with Crippen LogP contribution >= 0.6 is 43.5 Å². The van der Waals surface area contributed by atoms with Gasteiger partial charge in [0, 0.05) is 30.4 Å². The average Bonchev–Trinajstić information content (AvgIpc) is 3.40. The maximum Gasteiger partial charge on any atom is 0.274 e. The Hall–Kier alpha value is -2.80. The van der Waals surface area contributed by atoms with E-state index >= 15 is 0 Å². The minimum absolute atomic E-state index is 0.148. The molecule has 0 saturated heterocycles. The highest BCUT2D eigenvalue weighted by molar-refractivity contribution is 9.10. The highest BCUT2D eigenvalue weighted by Crippen LogP contribution is 2.30. The van der Waals surface area contributed by atoms with E-state index in [-0.39, 0.29) is 29.4 Å². The lowest BCUT2D eigenvalue weighted by atomic mass is 10.2. The van der Waals surface area contributed by atoms with Gasteiger partial charge in [0.15, 0.2) is 11.5 Å². The van der Waals surface area contributed by atoms with Crippen LogP contribution in [0.3, 0.4) is 0 Å². The van der Waals surface area contributed by atoms with Crippen LogP contribution < -0.4 is 10.6 Å². The number of carbonyl (C=O) groups is 2. The van der Waals surface area contributed by atoms with Crippen molar-refractivity contribution in [3.05, 3.63) is 68.2 Å². The minimum atomic E-state index is -0.534. The Labute approximate surface area is 209 Å². The number of hydrogen-bond donors (Lipinski definition) is 2. The molecule has 170 valence electrons. The molecule has 0 aliphatic heterocycles. The van der Waals surface area contributed by atoms with Crippen molar-refractivity contribution in [2.75, 3.05) is 25.6 Å². The van der Waals surface area contributed by atoms with Crippen molar-refractivity contribution in [1.82, 2.24) is 29.7 Å². The molecule has 33 heavy (non-hydrogen) atoms. The lowest BCUT2D eigenvalue weighted by Crippen LogP contribution is -2.30. The molecular formula is C20H16Br2ClN7O3. The summed E-state index contributed by atoms with van der Waals surface area (Å²) in [4.78, 5) is 30.6. The quantitative estimate of drug-likeness (QED) is 0.314. The van der Waals surface area contributed by atoms with Crippen LogP contribution in [0.15, 0.2) is 51.8 Å². The molecule has 4 aromatic heterocycles. The molecule has 0 unspecified atom stereocenters. The summed E-state index contributed by atoms with van der Waals surface area (Å²) in [5.74, 6) is -0.679. The van der Waals surface area contributed by atoms with Gasteiger partial charge in [-0.1, -0.05) is 11.6 Å². The van der Waals surface area contributed by atoms with E-state index in [1.807, 2.05) is 0 Å². The van der Waals surface area contributed by atoms with E-state index in [2.05, 4.69) is 57.7 Å². The number of anilines is 1. The summed E-state index contributed by atoms with van der Waals surface area (Å²) in [6, 6.07) is 8.34. The second-order valence-corrected chi connectivity index (χ2v) is 8.73. The molecule has 0 aromatic carbocycles. The summed E-state index contributed by atoms with van der Waals surface area (Å²) >= 11 is 13.0. The number of amides is 2. The number of rotatable bonds is 7. The first-order chi connectivity index (χ1) is 15.9. The SMILES string of the molecule is COCCNC(=O)c1c(NC(=O)c2cc(Br)nn2-c2ncccc2Cl)c(Br)cc2ccnn12. The lowest BCUT2D eigenvalue weighted by Gasteiger charge is -2.15. The van der Waals surface area contributed by atoms with E-state index in [1.165, 1.54) is 22.4 Å². The number of halogens is 3. The highest BCUT2D eigenvalue weighted by atomic mass is 79.9. The van der Waals surface area contributed by atoms with Crippen molar-refractivity contribution < 1.29 is 14.3 Å². The van der Waals surface area contributed by atoms with Gasteiger partial charge in [0.2, 0.25) is 0 Å². The van der Waals surface area contributed by atoms with Crippen LogP contribution in [0.2, 0.25) is 5.02 Å². The molecule has 13 heteroatoms. The average molecular weight is 598 g/mol. The van der Waals surface area contributed by atoms with E-state index in [0.717, 1.165) is 0 Å². The van der Waals surface area contributed by atoms with Crippen molar-refractivity contribution in [3.63, 3.8) is 0 Å². The molecular weight excluding hydrogens is 582 g/mol. The Kier molecular flexibility index (Phi) is 7.08. The number of methoxy groups -OCH3 is 1. The fourth-order valence-corrected chi connectivity index (χ4v) is 4.19. The number of nitrogens with one attached hydrogen (secondary N) is 2. The monoisotopic (exact) mass is 595 g/mol. The summed E-state index contributed by atoms with van der Waals surface area (Å²) < 4.78 is 8.68. The zero-order valence-electron chi connectivity index (χ0n) is 17.1. The molecule has 10 nitrogen and oxygen atoms in total. The summed E-state index contributed by atoms with van der Waals surface area (Å²) in [5.41, 5.74) is 1.21. The van der Waals surface area contributed by atoms with Gasteiger partial charge in [-0.15, -0.1) is 0 Å². The number of nitrogens with zero attached hydrogens (tertiary/aromatic N) is 5. The molecule has 4 rings (SSSR count). The maximum absolute atomic E-state index is 13.3. The number of ether oxygens (including phenoxy) is 1. The van der Waals surface area contributed by atoms with E-state index in [4.69, 9.17) is 16.3 Å². The summed E-state index contributed by atoms with van der Waals surface area (Å²) in [5, 5.41) is 14.4. The molecule has 0 fully saturated rings. The van der Waals surface area contributed by atoms with E-state index in [1.54, 1.807) is 36.7 Å². The van der Waals surface area contributed by atoms with Crippen molar-refractivity contribution in [2.45, 2.75) is 0 Å². The predicted octanol–water partition coefficient (Wildman–Crippen LogP) is 3.72. The molecule has 0 aliphatic carbocycles. The summed E-state index contributed by atoms with van der Waals surface area (Å²) in [6.07, 6.45) is 3.11. The third-order valence-electron chi connectivity index (χ3n) is 4.53. The van der Waals surface area contributed by atoms with Gasteiger partial charge in [0.05, 0.1) is 29.0 Å². The first kappa shape index (κ1) is 23.4. The number of carbonyl (C=O) groups excluding carboxylic acids is 2. The molecule has 4 heterocycles. The number of aromatic nitrogens is 5. The second kappa shape index (κ2) is 10.00. The number of fused-ring (bicyclic) bond motifs is 1.